The maximum absolute atomic E-state index is 13.7. The Morgan fingerprint density at radius 3 is 2.15 bits per heavy atom. The SMILES string of the molecule is COc1ccc(C[C@H](CC(=O)[C@@H](C)NC(=O)CC(C)(C)O)C(=O)N[C@@H](Cc2ccccc2)C(=O)[C@@]2(C)CO2)cc1. The van der Waals surface area contributed by atoms with Crippen molar-refractivity contribution in [1.29, 1.82) is 0 Å². The fourth-order valence-corrected chi connectivity index (χ4v) is 4.46. The Balaban J connectivity index is 1.79. The molecule has 0 aromatic heterocycles. The van der Waals surface area contributed by atoms with E-state index in [4.69, 9.17) is 9.47 Å². The van der Waals surface area contributed by atoms with Crippen LogP contribution in [0.15, 0.2) is 54.6 Å². The molecule has 1 aliphatic rings. The van der Waals surface area contributed by atoms with E-state index in [1.807, 2.05) is 42.5 Å². The molecular formula is C31H40N2O7. The highest BCUT2D eigenvalue weighted by Gasteiger charge is 2.50. The number of benzene rings is 2. The predicted molar refractivity (Wildman–Crippen MR) is 150 cm³/mol. The minimum atomic E-state index is -1.22. The molecule has 2 amide bonds. The van der Waals surface area contributed by atoms with Crippen molar-refractivity contribution in [3.05, 3.63) is 65.7 Å². The quantitative estimate of drug-likeness (QED) is 0.289. The van der Waals surface area contributed by atoms with Gasteiger partial charge in [-0.2, -0.15) is 0 Å². The highest BCUT2D eigenvalue weighted by molar-refractivity contribution is 5.98. The number of epoxide rings is 1. The number of nitrogens with one attached hydrogen (secondary N) is 2. The molecule has 0 saturated carbocycles. The minimum Gasteiger partial charge on any atom is -0.497 e. The monoisotopic (exact) mass is 552 g/mol. The molecule has 9 heteroatoms. The van der Waals surface area contributed by atoms with E-state index in [0.717, 1.165) is 11.1 Å². The largest absolute Gasteiger partial charge is 0.497 e. The first-order valence-electron chi connectivity index (χ1n) is 13.5. The van der Waals surface area contributed by atoms with Crippen LogP contribution in [0.4, 0.5) is 0 Å². The summed E-state index contributed by atoms with van der Waals surface area (Å²) in [5.74, 6) is -1.58. The first-order valence-corrected chi connectivity index (χ1v) is 13.5. The van der Waals surface area contributed by atoms with Gasteiger partial charge in [0.15, 0.2) is 11.6 Å². The van der Waals surface area contributed by atoms with Crippen LogP contribution in [0, 0.1) is 5.92 Å². The zero-order valence-electron chi connectivity index (χ0n) is 23.9. The molecule has 0 radical (unpaired) electrons. The fourth-order valence-electron chi connectivity index (χ4n) is 4.46. The van der Waals surface area contributed by atoms with Crippen LogP contribution in [0.25, 0.3) is 0 Å². The molecule has 0 spiro atoms. The number of aliphatic hydroxyl groups is 1. The number of rotatable bonds is 15. The zero-order valence-corrected chi connectivity index (χ0v) is 23.9. The minimum absolute atomic E-state index is 0.151. The van der Waals surface area contributed by atoms with Gasteiger partial charge in [0, 0.05) is 12.3 Å². The van der Waals surface area contributed by atoms with Gasteiger partial charge in [-0.1, -0.05) is 42.5 Å². The van der Waals surface area contributed by atoms with Crippen molar-refractivity contribution in [1.82, 2.24) is 10.6 Å². The summed E-state index contributed by atoms with van der Waals surface area (Å²) in [6.07, 6.45) is 0.217. The molecule has 0 aliphatic carbocycles. The highest BCUT2D eigenvalue weighted by Crippen LogP contribution is 2.29. The molecule has 3 rings (SSSR count). The predicted octanol–water partition coefficient (Wildman–Crippen LogP) is 2.56. The third kappa shape index (κ3) is 9.27. The van der Waals surface area contributed by atoms with Crippen LogP contribution in [0.2, 0.25) is 0 Å². The highest BCUT2D eigenvalue weighted by atomic mass is 16.6. The van der Waals surface area contributed by atoms with Gasteiger partial charge in [0.1, 0.15) is 11.4 Å². The van der Waals surface area contributed by atoms with Crippen LogP contribution >= 0.6 is 0 Å². The number of ketones is 2. The van der Waals surface area contributed by atoms with Gasteiger partial charge < -0.3 is 25.2 Å². The van der Waals surface area contributed by atoms with Crippen LogP contribution < -0.4 is 15.4 Å². The van der Waals surface area contributed by atoms with Crippen LogP contribution in [0.1, 0.15) is 51.7 Å². The summed E-state index contributed by atoms with van der Waals surface area (Å²) < 4.78 is 10.6. The van der Waals surface area contributed by atoms with Crippen molar-refractivity contribution in [2.45, 2.75) is 76.7 Å². The molecule has 2 aromatic rings. The molecule has 0 unspecified atom stereocenters. The number of carbonyl (C=O) groups is 4. The average Bonchev–Trinajstić information content (AvgIpc) is 3.65. The summed E-state index contributed by atoms with van der Waals surface area (Å²) in [5.41, 5.74) is -0.452. The summed E-state index contributed by atoms with van der Waals surface area (Å²) in [7, 11) is 1.56. The number of ether oxygens (including phenoxy) is 2. The normalized spacial score (nSPS) is 18.6. The van der Waals surface area contributed by atoms with Crippen LogP contribution in [-0.4, -0.2) is 65.5 Å². The Bertz CT molecular complexity index is 1180. The summed E-state index contributed by atoms with van der Waals surface area (Å²) in [6.45, 7) is 6.57. The molecule has 1 fully saturated rings. The lowest BCUT2D eigenvalue weighted by Gasteiger charge is -2.24. The van der Waals surface area contributed by atoms with Crippen molar-refractivity contribution in [2.24, 2.45) is 5.92 Å². The molecule has 216 valence electrons. The van der Waals surface area contributed by atoms with Gasteiger partial charge in [0.2, 0.25) is 11.8 Å². The Morgan fingerprint density at radius 2 is 1.60 bits per heavy atom. The van der Waals surface area contributed by atoms with Gasteiger partial charge in [-0.15, -0.1) is 0 Å². The number of hydrogen-bond acceptors (Lipinski definition) is 7. The van der Waals surface area contributed by atoms with E-state index in [0.29, 0.717) is 12.4 Å². The molecule has 3 N–H and O–H groups in total. The molecule has 1 heterocycles. The van der Waals surface area contributed by atoms with Gasteiger partial charge in [-0.05, 0) is 63.8 Å². The number of Topliss-reactive ketones (excluding diaryl/α,β-unsaturated/α-hetero) is 2. The van der Waals surface area contributed by atoms with Crippen molar-refractivity contribution in [2.75, 3.05) is 13.7 Å². The van der Waals surface area contributed by atoms with Crippen molar-refractivity contribution in [3.63, 3.8) is 0 Å². The Kier molecular flexibility index (Phi) is 10.2. The van der Waals surface area contributed by atoms with Crippen molar-refractivity contribution < 1.29 is 33.8 Å². The number of hydrogen-bond donors (Lipinski definition) is 3. The van der Waals surface area contributed by atoms with E-state index in [2.05, 4.69) is 10.6 Å². The molecule has 0 bridgehead atoms. The zero-order chi connectivity index (χ0) is 29.5. The molecule has 2 aromatic carbocycles. The van der Waals surface area contributed by atoms with E-state index in [9.17, 15) is 24.3 Å². The molecule has 9 nitrogen and oxygen atoms in total. The number of amides is 2. The summed E-state index contributed by atoms with van der Waals surface area (Å²) in [5, 5.41) is 15.4. The number of carbonyl (C=O) groups excluding carboxylic acids is 4. The van der Waals surface area contributed by atoms with E-state index >= 15 is 0 Å². The van der Waals surface area contributed by atoms with E-state index in [-0.39, 0.29) is 37.2 Å². The molecular weight excluding hydrogens is 512 g/mol. The van der Waals surface area contributed by atoms with E-state index in [1.165, 1.54) is 13.8 Å². The Morgan fingerprint density at radius 1 is 1.00 bits per heavy atom. The van der Waals surface area contributed by atoms with Gasteiger partial charge >= 0.3 is 0 Å². The molecule has 40 heavy (non-hydrogen) atoms. The van der Waals surface area contributed by atoms with E-state index < -0.39 is 41.0 Å². The van der Waals surface area contributed by atoms with Crippen molar-refractivity contribution in [3.8, 4) is 5.75 Å². The maximum atomic E-state index is 13.7. The Hall–Kier alpha value is -3.56. The smallest absolute Gasteiger partial charge is 0.224 e. The average molecular weight is 553 g/mol. The summed E-state index contributed by atoms with van der Waals surface area (Å²) in [4.78, 5) is 52.4. The fraction of sp³-hybridized carbons (Fsp3) is 0.484. The standard InChI is InChI=1S/C31H40N2O7/c1-20(32-27(35)18-30(2,3)38)26(34)17-23(15-22-11-13-24(39-5)14-12-22)29(37)33-25(28(36)31(4)19-40-31)16-21-9-7-6-8-10-21/h6-14,20,23,25,38H,15-19H2,1-5H3,(H,32,35)(H,33,37)/t20-,23-,25+,31-/m1/s1. The first kappa shape index (κ1) is 31.0. The van der Waals surface area contributed by atoms with Gasteiger partial charge in [-0.25, -0.2) is 0 Å². The topological polar surface area (TPSA) is 134 Å². The lowest BCUT2D eigenvalue weighted by molar-refractivity contribution is -0.134. The van der Waals surface area contributed by atoms with Gasteiger partial charge in [0.25, 0.3) is 0 Å². The lowest BCUT2D eigenvalue weighted by atomic mass is 9.89. The van der Waals surface area contributed by atoms with Crippen LogP contribution in [0.3, 0.4) is 0 Å². The second-order valence-electron chi connectivity index (χ2n) is 11.3. The van der Waals surface area contributed by atoms with Gasteiger partial charge in [-0.3, -0.25) is 19.2 Å². The third-order valence-corrected chi connectivity index (χ3v) is 6.93. The third-order valence-electron chi connectivity index (χ3n) is 6.93. The van der Waals surface area contributed by atoms with Crippen LogP contribution in [-0.2, 0) is 36.8 Å². The van der Waals surface area contributed by atoms with Crippen molar-refractivity contribution >= 4 is 23.4 Å². The summed E-state index contributed by atoms with van der Waals surface area (Å²) >= 11 is 0. The molecule has 4 atom stereocenters. The Labute approximate surface area is 235 Å². The van der Waals surface area contributed by atoms with E-state index in [1.54, 1.807) is 33.1 Å². The first-order chi connectivity index (χ1) is 18.8. The summed E-state index contributed by atoms with van der Waals surface area (Å²) in [6, 6.07) is 14.9. The van der Waals surface area contributed by atoms with Gasteiger partial charge in [0.05, 0.1) is 37.8 Å². The number of methoxy groups -OCH3 is 1. The molecule has 1 aliphatic heterocycles. The maximum Gasteiger partial charge on any atom is 0.224 e. The van der Waals surface area contributed by atoms with Crippen LogP contribution in [0.5, 0.6) is 5.75 Å². The second-order valence-corrected chi connectivity index (χ2v) is 11.3. The molecule has 1 saturated heterocycles. The second kappa shape index (κ2) is 13.2. The lowest BCUT2D eigenvalue weighted by Crippen LogP contribution is -2.50.